The highest BCUT2D eigenvalue weighted by Crippen LogP contribution is 2.32. The smallest absolute Gasteiger partial charge is 0.203 e. The van der Waals surface area contributed by atoms with Crippen molar-refractivity contribution < 1.29 is 4.74 Å². The maximum Gasteiger partial charge on any atom is 0.203 e. The fraction of sp³-hybridized carbons (Fsp3) is 0.0435. The van der Waals surface area contributed by atoms with Crippen LogP contribution >= 0.6 is 50.5 Å². The van der Waals surface area contributed by atoms with Crippen molar-refractivity contribution >= 4 is 61.8 Å². The lowest BCUT2D eigenvalue weighted by Gasteiger charge is -2.06. The molecule has 4 nitrogen and oxygen atoms in total. The number of rotatable bonds is 7. The van der Waals surface area contributed by atoms with Gasteiger partial charge in [-0.3, -0.25) is 5.43 Å². The van der Waals surface area contributed by atoms with Gasteiger partial charge in [-0.25, -0.2) is 4.98 Å². The molecule has 0 fully saturated rings. The van der Waals surface area contributed by atoms with Crippen LogP contribution < -0.4 is 10.2 Å². The molecular formula is C23H16BrCl2N3OS. The molecular weight excluding hydrogens is 517 g/mol. The van der Waals surface area contributed by atoms with Crippen LogP contribution in [0, 0.1) is 0 Å². The summed E-state index contributed by atoms with van der Waals surface area (Å²) in [5, 5.41) is 8.01. The van der Waals surface area contributed by atoms with Gasteiger partial charge in [0.2, 0.25) is 5.13 Å². The van der Waals surface area contributed by atoms with Crippen LogP contribution in [0.1, 0.15) is 11.1 Å². The molecule has 4 aromatic rings. The van der Waals surface area contributed by atoms with Crippen LogP contribution in [0.25, 0.3) is 11.3 Å². The topological polar surface area (TPSA) is 46.5 Å². The SMILES string of the molecule is Clc1ccc(-c2csc(N/N=C/c3ccc(OCc4ccc(Br)cc4)cc3)n2)c(Cl)c1. The van der Waals surface area contributed by atoms with Crippen LogP contribution in [0.2, 0.25) is 10.0 Å². The molecule has 1 N–H and O–H groups in total. The van der Waals surface area contributed by atoms with Crippen molar-refractivity contribution in [3.8, 4) is 17.0 Å². The van der Waals surface area contributed by atoms with E-state index in [2.05, 4.69) is 31.4 Å². The summed E-state index contributed by atoms with van der Waals surface area (Å²) < 4.78 is 6.87. The van der Waals surface area contributed by atoms with Gasteiger partial charge in [-0.2, -0.15) is 5.10 Å². The zero-order valence-corrected chi connectivity index (χ0v) is 20.0. The molecule has 0 saturated carbocycles. The average molecular weight is 533 g/mol. The predicted octanol–water partition coefficient (Wildman–Crippen LogP) is 7.90. The number of hydrazone groups is 1. The van der Waals surface area contributed by atoms with E-state index >= 15 is 0 Å². The van der Waals surface area contributed by atoms with Crippen LogP contribution in [-0.2, 0) is 6.61 Å². The maximum atomic E-state index is 6.25. The van der Waals surface area contributed by atoms with Crippen LogP contribution in [0.3, 0.4) is 0 Å². The Balaban J connectivity index is 1.32. The molecule has 0 radical (unpaired) electrons. The third kappa shape index (κ3) is 6.08. The van der Waals surface area contributed by atoms with E-state index < -0.39 is 0 Å². The second-order valence-electron chi connectivity index (χ2n) is 6.52. The minimum absolute atomic E-state index is 0.520. The summed E-state index contributed by atoms with van der Waals surface area (Å²) in [6.45, 7) is 0.520. The fourth-order valence-electron chi connectivity index (χ4n) is 2.71. The van der Waals surface area contributed by atoms with Crippen LogP contribution in [0.4, 0.5) is 5.13 Å². The molecule has 0 aliphatic rings. The largest absolute Gasteiger partial charge is 0.489 e. The number of ether oxygens (including phenoxy) is 1. The summed E-state index contributed by atoms with van der Waals surface area (Å²) in [5.74, 6) is 0.803. The Hall–Kier alpha value is -2.38. The first kappa shape index (κ1) is 21.8. The lowest BCUT2D eigenvalue weighted by atomic mass is 10.2. The third-order valence-electron chi connectivity index (χ3n) is 4.28. The van der Waals surface area contributed by atoms with E-state index in [1.165, 1.54) is 11.3 Å². The first-order valence-electron chi connectivity index (χ1n) is 9.24. The Bertz CT molecular complexity index is 1190. The second kappa shape index (κ2) is 10.3. The number of thiazole rings is 1. The Morgan fingerprint density at radius 2 is 1.81 bits per heavy atom. The highest BCUT2D eigenvalue weighted by molar-refractivity contribution is 9.10. The van der Waals surface area contributed by atoms with Gasteiger partial charge in [0, 0.05) is 20.4 Å². The van der Waals surface area contributed by atoms with E-state index in [-0.39, 0.29) is 0 Å². The summed E-state index contributed by atoms with van der Waals surface area (Å²) in [6, 6.07) is 21.1. The fourth-order valence-corrected chi connectivity index (χ4v) is 4.13. The van der Waals surface area contributed by atoms with Gasteiger partial charge in [0.05, 0.1) is 16.9 Å². The first-order valence-corrected chi connectivity index (χ1v) is 11.7. The van der Waals surface area contributed by atoms with Crippen molar-refractivity contribution in [3.05, 3.63) is 97.8 Å². The molecule has 156 valence electrons. The molecule has 8 heteroatoms. The van der Waals surface area contributed by atoms with E-state index in [0.717, 1.165) is 32.6 Å². The molecule has 1 heterocycles. The molecule has 0 amide bonds. The number of benzene rings is 3. The van der Waals surface area contributed by atoms with Crippen molar-refractivity contribution in [2.75, 3.05) is 5.43 Å². The van der Waals surface area contributed by atoms with Crippen molar-refractivity contribution in [3.63, 3.8) is 0 Å². The summed E-state index contributed by atoms with van der Waals surface area (Å²) in [7, 11) is 0. The molecule has 3 aromatic carbocycles. The normalized spacial score (nSPS) is 11.1. The van der Waals surface area contributed by atoms with Gasteiger partial charge in [0.15, 0.2) is 0 Å². The molecule has 0 bridgehead atoms. The van der Waals surface area contributed by atoms with Crippen molar-refractivity contribution in [2.45, 2.75) is 6.61 Å². The number of nitrogens with one attached hydrogen (secondary N) is 1. The van der Waals surface area contributed by atoms with Crippen LogP contribution in [0.15, 0.2) is 81.7 Å². The number of hydrogen-bond acceptors (Lipinski definition) is 5. The lowest BCUT2D eigenvalue weighted by molar-refractivity contribution is 0.306. The highest BCUT2D eigenvalue weighted by atomic mass is 79.9. The molecule has 0 unspecified atom stereocenters. The average Bonchev–Trinajstić information content (AvgIpc) is 3.23. The lowest BCUT2D eigenvalue weighted by Crippen LogP contribution is -1.95. The van der Waals surface area contributed by atoms with Crippen molar-refractivity contribution in [2.24, 2.45) is 5.10 Å². The Morgan fingerprint density at radius 1 is 1.03 bits per heavy atom. The van der Waals surface area contributed by atoms with Crippen molar-refractivity contribution in [1.82, 2.24) is 4.98 Å². The van der Waals surface area contributed by atoms with Gasteiger partial charge in [0.1, 0.15) is 12.4 Å². The van der Waals surface area contributed by atoms with Gasteiger partial charge in [-0.15, -0.1) is 11.3 Å². The van der Waals surface area contributed by atoms with Gasteiger partial charge in [-0.05, 0) is 65.7 Å². The monoisotopic (exact) mass is 531 g/mol. The van der Waals surface area contributed by atoms with E-state index in [0.29, 0.717) is 21.8 Å². The van der Waals surface area contributed by atoms with Crippen molar-refractivity contribution in [1.29, 1.82) is 0 Å². The van der Waals surface area contributed by atoms with Gasteiger partial charge < -0.3 is 4.74 Å². The molecule has 4 rings (SSSR count). The first-order chi connectivity index (χ1) is 15.1. The van der Waals surface area contributed by atoms with E-state index in [9.17, 15) is 0 Å². The van der Waals surface area contributed by atoms with Gasteiger partial charge in [-0.1, -0.05) is 51.3 Å². The Kier molecular flexibility index (Phi) is 7.25. The molecule has 0 aliphatic carbocycles. The van der Waals surface area contributed by atoms with E-state index in [1.54, 1.807) is 18.3 Å². The molecule has 31 heavy (non-hydrogen) atoms. The Morgan fingerprint density at radius 3 is 2.55 bits per heavy atom. The molecule has 0 aliphatic heterocycles. The summed E-state index contributed by atoms with van der Waals surface area (Å²) >= 11 is 17.1. The van der Waals surface area contributed by atoms with Gasteiger partial charge >= 0.3 is 0 Å². The van der Waals surface area contributed by atoms with E-state index in [4.69, 9.17) is 27.9 Å². The zero-order valence-electron chi connectivity index (χ0n) is 16.1. The zero-order chi connectivity index (χ0) is 21.6. The molecule has 0 atom stereocenters. The number of hydrogen-bond donors (Lipinski definition) is 1. The number of halogens is 3. The summed E-state index contributed by atoms with van der Waals surface area (Å²) in [4.78, 5) is 4.52. The quantitative estimate of drug-likeness (QED) is 0.194. The molecule has 1 aromatic heterocycles. The minimum Gasteiger partial charge on any atom is -0.489 e. The van der Waals surface area contributed by atoms with E-state index in [1.807, 2.05) is 60.0 Å². The number of nitrogens with zero attached hydrogens (tertiary/aromatic N) is 2. The van der Waals surface area contributed by atoms with Crippen LogP contribution in [0.5, 0.6) is 5.75 Å². The van der Waals surface area contributed by atoms with Crippen LogP contribution in [-0.4, -0.2) is 11.2 Å². The van der Waals surface area contributed by atoms with Gasteiger partial charge in [0.25, 0.3) is 0 Å². The number of aromatic nitrogens is 1. The molecule has 0 spiro atoms. The standard InChI is InChI=1S/C23H16BrCl2N3OS/c24-17-5-1-16(2-6-17)13-30-19-8-3-15(4-9-19)12-27-29-23-28-22(14-31-23)20-10-7-18(25)11-21(20)26/h1-12,14H,13H2,(H,28,29)/b27-12+. The number of anilines is 1. The maximum absolute atomic E-state index is 6.25. The summed E-state index contributed by atoms with van der Waals surface area (Å²) in [5.41, 5.74) is 6.62. The molecule has 0 saturated heterocycles. The second-order valence-corrected chi connectivity index (χ2v) is 9.13. The minimum atomic E-state index is 0.520. The Labute approximate surface area is 202 Å². The third-order valence-corrected chi connectivity index (χ3v) is 6.11. The highest BCUT2D eigenvalue weighted by Gasteiger charge is 2.08. The summed E-state index contributed by atoms with van der Waals surface area (Å²) in [6.07, 6.45) is 1.73. The predicted molar refractivity (Wildman–Crippen MR) is 134 cm³/mol.